The predicted molar refractivity (Wildman–Crippen MR) is 97.2 cm³/mol. The van der Waals surface area contributed by atoms with E-state index in [1.54, 1.807) is 6.33 Å². The zero-order valence-corrected chi connectivity index (χ0v) is 14.9. The van der Waals surface area contributed by atoms with Gasteiger partial charge < -0.3 is 4.52 Å². The molecule has 0 spiro atoms. The minimum absolute atomic E-state index is 0.110. The molecule has 4 aromatic rings. The van der Waals surface area contributed by atoms with E-state index >= 15 is 0 Å². The molecule has 7 heteroatoms. The Morgan fingerprint density at radius 2 is 1.88 bits per heavy atom. The van der Waals surface area contributed by atoms with E-state index < -0.39 is 0 Å². The number of imidazole rings is 1. The summed E-state index contributed by atoms with van der Waals surface area (Å²) in [4.78, 5) is 22.3. The van der Waals surface area contributed by atoms with Crippen molar-refractivity contribution in [1.82, 2.24) is 24.1 Å². The van der Waals surface area contributed by atoms with Crippen molar-refractivity contribution < 1.29 is 4.52 Å². The highest BCUT2D eigenvalue weighted by Crippen LogP contribution is 2.39. The van der Waals surface area contributed by atoms with Gasteiger partial charge >= 0.3 is 0 Å². The number of aromatic nitrogens is 5. The van der Waals surface area contributed by atoms with E-state index in [1.807, 2.05) is 54.0 Å². The molecule has 0 amide bonds. The molecule has 3 aromatic heterocycles. The van der Waals surface area contributed by atoms with Crippen LogP contribution < -0.4 is 5.56 Å². The van der Waals surface area contributed by atoms with Crippen molar-refractivity contribution in [2.45, 2.75) is 45.1 Å². The second-order valence-corrected chi connectivity index (χ2v) is 7.84. The van der Waals surface area contributed by atoms with E-state index in [0.29, 0.717) is 28.8 Å². The van der Waals surface area contributed by atoms with E-state index in [9.17, 15) is 4.79 Å². The first kappa shape index (κ1) is 15.3. The summed E-state index contributed by atoms with van der Waals surface area (Å²) >= 11 is 0. The summed E-state index contributed by atoms with van der Waals surface area (Å²) in [6, 6.07) is 7.84. The van der Waals surface area contributed by atoms with E-state index in [2.05, 4.69) is 15.1 Å². The van der Waals surface area contributed by atoms with Crippen molar-refractivity contribution >= 4 is 16.6 Å². The molecule has 1 aliphatic rings. The summed E-state index contributed by atoms with van der Waals surface area (Å²) in [5, 5.41) is 4.07. The molecule has 1 saturated carbocycles. The molecule has 0 saturated heterocycles. The standard InChI is InChI=1S/C19H19N5O2/c1-19(2,3)24-13-7-5-4-6-12(13)23-10-20-14(15(23)18(24)25)16-21-17(26-22-16)11-8-9-11/h4-7,10-11H,8-9H2,1-3H3. The average Bonchev–Trinajstić information content (AvgIpc) is 3.16. The molecule has 0 bridgehead atoms. The Bertz CT molecular complexity index is 1200. The van der Waals surface area contributed by atoms with Gasteiger partial charge in [0.05, 0.1) is 11.0 Å². The Morgan fingerprint density at radius 1 is 1.15 bits per heavy atom. The van der Waals surface area contributed by atoms with Gasteiger partial charge in [0.15, 0.2) is 0 Å². The summed E-state index contributed by atoms with van der Waals surface area (Å²) in [5.74, 6) is 1.37. The maximum Gasteiger partial charge on any atom is 0.278 e. The smallest absolute Gasteiger partial charge is 0.278 e. The van der Waals surface area contributed by atoms with Gasteiger partial charge in [0, 0.05) is 11.5 Å². The van der Waals surface area contributed by atoms with Crippen LogP contribution in [0.4, 0.5) is 0 Å². The first-order valence-electron chi connectivity index (χ1n) is 8.80. The van der Waals surface area contributed by atoms with Crippen LogP contribution >= 0.6 is 0 Å². The van der Waals surface area contributed by atoms with Gasteiger partial charge in [-0.3, -0.25) is 13.8 Å². The largest absolute Gasteiger partial charge is 0.339 e. The minimum Gasteiger partial charge on any atom is -0.339 e. The Labute approximate surface area is 149 Å². The lowest BCUT2D eigenvalue weighted by molar-refractivity contribution is 0.380. The molecule has 3 heterocycles. The Kier molecular flexibility index (Phi) is 2.96. The lowest BCUT2D eigenvalue weighted by Crippen LogP contribution is -2.35. The van der Waals surface area contributed by atoms with Crippen LogP contribution in [0, 0.1) is 0 Å². The topological polar surface area (TPSA) is 78.2 Å². The molecule has 132 valence electrons. The third-order valence-electron chi connectivity index (χ3n) is 4.81. The number of fused-ring (bicyclic) bond motifs is 3. The molecule has 1 aliphatic carbocycles. The normalized spacial score (nSPS) is 15.2. The fourth-order valence-corrected chi connectivity index (χ4v) is 3.46. The van der Waals surface area contributed by atoms with E-state index in [-0.39, 0.29) is 11.1 Å². The predicted octanol–water partition coefficient (Wildman–Crippen LogP) is 3.33. The van der Waals surface area contributed by atoms with Crippen LogP contribution in [0.3, 0.4) is 0 Å². The first-order valence-corrected chi connectivity index (χ1v) is 8.80. The molecule has 1 aromatic carbocycles. The third kappa shape index (κ3) is 2.13. The Hall–Kier alpha value is -2.96. The molecule has 0 aliphatic heterocycles. The van der Waals surface area contributed by atoms with Crippen LogP contribution in [-0.4, -0.2) is 24.1 Å². The molecular formula is C19H19N5O2. The van der Waals surface area contributed by atoms with Crippen molar-refractivity contribution in [3.63, 3.8) is 0 Å². The van der Waals surface area contributed by atoms with Gasteiger partial charge in [-0.1, -0.05) is 17.3 Å². The molecule has 0 atom stereocenters. The molecule has 0 radical (unpaired) electrons. The van der Waals surface area contributed by atoms with Crippen LogP contribution in [0.2, 0.25) is 0 Å². The minimum atomic E-state index is -0.379. The Morgan fingerprint density at radius 3 is 2.58 bits per heavy atom. The zero-order chi connectivity index (χ0) is 18.1. The van der Waals surface area contributed by atoms with Crippen LogP contribution in [-0.2, 0) is 5.54 Å². The second kappa shape index (κ2) is 5.03. The van der Waals surface area contributed by atoms with Gasteiger partial charge in [-0.15, -0.1) is 0 Å². The maximum absolute atomic E-state index is 13.4. The number of hydrogen-bond donors (Lipinski definition) is 0. The summed E-state index contributed by atoms with van der Waals surface area (Å²) in [6.07, 6.45) is 3.81. The van der Waals surface area contributed by atoms with E-state index in [4.69, 9.17) is 4.52 Å². The van der Waals surface area contributed by atoms with Crippen molar-refractivity contribution in [3.05, 3.63) is 46.8 Å². The Balaban J connectivity index is 1.87. The van der Waals surface area contributed by atoms with Gasteiger partial charge in [-0.05, 0) is 45.7 Å². The molecule has 0 unspecified atom stereocenters. The van der Waals surface area contributed by atoms with Crippen LogP contribution in [0.15, 0.2) is 39.9 Å². The monoisotopic (exact) mass is 349 g/mol. The quantitative estimate of drug-likeness (QED) is 0.555. The fraction of sp³-hybridized carbons (Fsp3) is 0.368. The van der Waals surface area contributed by atoms with Crippen LogP contribution in [0.1, 0.15) is 45.4 Å². The van der Waals surface area contributed by atoms with Crippen LogP contribution in [0.5, 0.6) is 0 Å². The van der Waals surface area contributed by atoms with Gasteiger partial charge in [0.2, 0.25) is 11.7 Å². The summed E-state index contributed by atoms with van der Waals surface area (Å²) in [5.41, 5.74) is 2.24. The lowest BCUT2D eigenvalue weighted by Gasteiger charge is -2.25. The van der Waals surface area contributed by atoms with Gasteiger partial charge in [-0.2, -0.15) is 4.98 Å². The highest BCUT2D eigenvalue weighted by molar-refractivity contribution is 5.83. The first-order chi connectivity index (χ1) is 12.4. The molecule has 26 heavy (non-hydrogen) atoms. The third-order valence-corrected chi connectivity index (χ3v) is 4.81. The molecule has 1 fully saturated rings. The van der Waals surface area contributed by atoms with Crippen molar-refractivity contribution in [2.24, 2.45) is 0 Å². The number of para-hydroxylation sites is 2. The zero-order valence-electron chi connectivity index (χ0n) is 14.9. The summed E-state index contributed by atoms with van der Waals surface area (Å²) in [6.45, 7) is 6.06. The van der Waals surface area contributed by atoms with Crippen molar-refractivity contribution in [1.29, 1.82) is 0 Å². The number of rotatable bonds is 2. The van der Waals surface area contributed by atoms with Gasteiger partial charge in [0.25, 0.3) is 5.56 Å². The van der Waals surface area contributed by atoms with Gasteiger partial charge in [-0.25, -0.2) is 4.98 Å². The molecular weight excluding hydrogens is 330 g/mol. The second-order valence-electron chi connectivity index (χ2n) is 7.84. The molecule has 5 rings (SSSR count). The van der Waals surface area contributed by atoms with E-state index in [1.165, 1.54) is 0 Å². The fourth-order valence-electron chi connectivity index (χ4n) is 3.46. The molecule has 7 nitrogen and oxygen atoms in total. The average molecular weight is 349 g/mol. The maximum atomic E-state index is 13.4. The number of benzene rings is 1. The summed E-state index contributed by atoms with van der Waals surface area (Å²) in [7, 11) is 0. The number of hydrogen-bond acceptors (Lipinski definition) is 5. The SMILES string of the molecule is CC(C)(C)n1c(=O)c2c(-c3noc(C4CC4)n3)ncn2c2ccccc21. The van der Waals surface area contributed by atoms with Gasteiger partial charge in [0.1, 0.15) is 17.5 Å². The highest BCUT2D eigenvalue weighted by atomic mass is 16.5. The number of nitrogens with zero attached hydrogens (tertiary/aromatic N) is 5. The summed E-state index contributed by atoms with van der Waals surface area (Å²) < 4.78 is 9.00. The molecule has 0 N–H and O–H groups in total. The highest BCUT2D eigenvalue weighted by Gasteiger charge is 2.31. The van der Waals surface area contributed by atoms with Crippen molar-refractivity contribution in [3.8, 4) is 11.5 Å². The van der Waals surface area contributed by atoms with Crippen molar-refractivity contribution in [2.75, 3.05) is 0 Å². The lowest BCUT2D eigenvalue weighted by atomic mass is 10.1. The van der Waals surface area contributed by atoms with Crippen LogP contribution in [0.25, 0.3) is 28.1 Å². The van der Waals surface area contributed by atoms with E-state index in [0.717, 1.165) is 23.9 Å².